The van der Waals surface area contributed by atoms with Crippen molar-refractivity contribution in [1.82, 2.24) is 4.57 Å². The summed E-state index contributed by atoms with van der Waals surface area (Å²) in [6.07, 6.45) is 1.98. The zero-order valence-corrected chi connectivity index (χ0v) is 10.8. The maximum absolute atomic E-state index is 11.9. The number of halogens is 1. The van der Waals surface area contributed by atoms with E-state index in [-0.39, 0.29) is 12.3 Å². The summed E-state index contributed by atoms with van der Waals surface area (Å²) in [5.41, 5.74) is 1.52. The van der Waals surface area contributed by atoms with Crippen molar-refractivity contribution in [2.75, 3.05) is 6.61 Å². The van der Waals surface area contributed by atoms with E-state index in [9.17, 15) is 10.1 Å². The molecule has 0 radical (unpaired) electrons. The highest BCUT2D eigenvalue weighted by atomic mass is 35.5. The summed E-state index contributed by atoms with van der Waals surface area (Å²) in [6, 6.07) is 5.22. The van der Waals surface area contributed by atoms with Gasteiger partial charge >= 0.3 is 5.97 Å². The lowest BCUT2D eigenvalue weighted by Gasteiger charge is -2.02. The Kier molecular flexibility index (Phi) is 3.26. The first-order valence-electron chi connectivity index (χ1n) is 5.48. The molecule has 4 nitrogen and oxygen atoms in total. The first-order valence-corrected chi connectivity index (χ1v) is 5.86. The lowest BCUT2D eigenvalue weighted by atomic mass is 10.1. The van der Waals surface area contributed by atoms with E-state index in [1.807, 2.05) is 6.19 Å². The number of carbonyl (C=O) groups excluding carboxylic acids is 1. The van der Waals surface area contributed by atoms with Crippen LogP contribution in [-0.4, -0.2) is 17.1 Å². The van der Waals surface area contributed by atoms with Crippen molar-refractivity contribution >= 4 is 28.5 Å². The van der Waals surface area contributed by atoms with E-state index in [0.717, 1.165) is 0 Å². The molecule has 0 atom stereocenters. The van der Waals surface area contributed by atoms with Crippen LogP contribution in [-0.2, 0) is 4.74 Å². The molecular weight excluding hydrogens is 252 g/mol. The highest BCUT2D eigenvalue weighted by Crippen LogP contribution is 2.31. The number of nitrogens with zero attached hydrogens (tertiary/aromatic N) is 2. The molecule has 0 amide bonds. The van der Waals surface area contributed by atoms with Crippen LogP contribution in [0.25, 0.3) is 10.9 Å². The first-order chi connectivity index (χ1) is 8.61. The second-order valence-electron chi connectivity index (χ2n) is 3.76. The third-order valence-electron chi connectivity index (χ3n) is 2.76. The molecule has 2 rings (SSSR count). The normalized spacial score (nSPS) is 10.3. The first kappa shape index (κ1) is 12.5. The number of aromatic nitrogens is 1. The lowest BCUT2D eigenvalue weighted by Crippen LogP contribution is -2.11. The lowest BCUT2D eigenvalue weighted by molar-refractivity contribution is 0.0517. The zero-order chi connectivity index (χ0) is 13.3. The molecule has 0 aliphatic rings. The maximum atomic E-state index is 11.9. The molecule has 1 aromatic carbocycles. The number of fused-ring (bicyclic) bond motifs is 1. The molecule has 92 valence electrons. The SMILES string of the molecule is CCOC(=O)c1c(C)c2c(Cl)cccc2n1C#N. The Balaban J connectivity index is 2.82. The van der Waals surface area contributed by atoms with Gasteiger partial charge in [0.15, 0.2) is 6.19 Å². The van der Waals surface area contributed by atoms with E-state index in [1.165, 1.54) is 4.57 Å². The van der Waals surface area contributed by atoms with Crippen LogP contribution >= 0.6 is 11.6 Å². The molecule has 0 N–H and O–H groups in total. The van der Waals surface area contributed by atoms with Crippen molar-refractivity contribution in [1.29, 1.82) is 5.26 Å². The molecule has 0 fully saturated rings. The van der Waals surface area contributed by atoms with Gasteiger partial charge in [-0.15, -0.1) is 0 Å². The van der Waals surface area contributed by atoms with Crippen LogP contribution in [0.5, 0.6) is 0 Å². The number of hydrogen-bond donors (Lipinski definition) is 0. The van der Waals surface area contributed by atoms with Gasteiger partial charge in [0.05, 0.1) is 17.1 Å². The second kappa shape index (κ2) is 4.71. The van der Waals surface area contributed by atoms with Gasteiger partial charge in [-0.05, 0) is 31.5 Å². The Morgan fingerprint density at radius 2 is 2.28 bits per heavy atom. The van der Waals surface area contributed by atoms with Gasteiger partial charge < -0.3 is 4.74 Å². The predicted octanol–water partition coefficient (Wildman–Crippen LogP) is 3.11. The van der Waals surface area contributed by atoms with Crippen LogP contribution in [0, 0.1) is 18.4 Å². The van der Waals surface area contributed by atoms with E-state index in [2.05, 4.69) is 0 Å². The monoisotopic (exact) mass is 262 g/mol. The summed E-state index contributed by atoms with van der Waals surface area (Å²) in [5, 5.41) is 10.4. The number of ether oxygens (including phenoxy) is 1. The average molecular weight is 263 g/mol. The number of aryl methyl sites for hydroxylation is 1. The Labute approximate surface area is 109 Å². The van der Waals surface area contributed by atoms with Gasteiger partial charge in [-0.2, -0.15) is 5.26 Å². The standard InChI is InChI=1S/C13H11ClN2O2/c1-3-18-13(17)12-8(2)11-9(14)5-4-6-10(11)16(12)7-15/h4-6H,3H2,1-2H3. The van der Waals surface area contributed by atoms with E-state index >= 15 is 0 Å². The molecule has 0 bridgehead atoms. The fourth-order valence-corrected chi connectivity index (χ4v) is 2.34. The van der Waals surface area contributed by atoms with Crippen molar-refractivity contribution < 1.29 is 9.53 Å². The Morgan fingerprint density at radius 1 is 1.56 bits per heavy atom. The van der Waals surface area contributed by atoms with Crippen molar-refractivity contribution in [3.05, 3.63) is 34.5 Å². The molecule has 0 saturated carbocycles. The summed E-state index contributed by atoms with van der Waals surface area (Å²) < 4.78 is 6.23. The quantitative estimate of drug-likeness (QED) is 0.782. The fourth-order valence-electron chi connectivity index (χ4n) is 2.02. The Hall–Kier alpha value is -1.99. The average Bonchev–Trinajstić information content (AvgIpc) is 2.63. The number of rotatable bonds is 2. The predicted molar refractivity (Wildman–Crippen MR) is 68.7 cm³/mol. The van der Waals surface area contributed by atoms with Crippen LogP contribution in [0.1, 0.15) is 23.0 Å². The third kappa shape index (κ3) is 1.73. The summed E-state index contributed by atoms with van der Waals surface area (Å²) in [7, 11) is 0. The van der Waals surface area contributed by atoms with E-state index in [1.54, 1.807) is 32.0 Å². The van der Waals surface area contributed by atoms with E-state index < -0.39 is 5.97 Å². The highest BCUT2D eigenvalue weighted by Gasteiger charge is 2.22. The number of carbonyl (C=O) groups is 1. The van der Waals surface area contributed by atoms with Gasteiger partial charge in [0.25, 0.3) is 0 Å². The largest absolute Gasteiger partial charge is 0.461 e. The molecule has 0 aliphatic carbocycles. The van der Waals surface area contributed by atoms with Gasteiger partial charge in [-0.1, -0.05) is 17.7 Å². The molecule has 2 aromatic rings. The molecule has 1 heterocycles. The van der Waals surface area contributed by atoms with Gasteiger partial charge in [0.1, 0.15) is 5.69 Å². The molecule has 0 saturated heterocycles. The summed E-state index contributed by atoms with van der Waals surface area (Å²) in [5.74, 6) is -0.510. The summed E-state index contributed by atoms with van der Waals surface area (Å²) in [4.78, 5) is 11.9. The van der Waals surface area contributed by atoms with E-state index in [4.69, 9.17) is 16.3 Å². The molecule has 0 spiro atoms. The molecule has 18 heavy (non-hydrogen) atoms. The number of nitriles is 1. The van der Waals surface area contributed by atoms with Crippen molar-refractivity contribution in [2.24, 2.45) is 0 Å². The van der Waals surface area contributed by atoms with Crippen molar-refractivity contribution in [2.45, 2.75) is 13.8 Å². The molecule has 1 aromatic heterocycles. The van der Waals surface area contributed by atoms with Crippen LogP contribution in [0.4, 0.5) is 0 Å². The van der Waals surface area contributed by atoms with Gasteiger partial charge in [-0.3, -0.25) is 0 Å². The smallest absolute Gasteiger partial charge is 0.356 e. The minimum Gasteiger partial charge on any atom is -0.461 e. The third-order valence-corrected chi connectivity index (χ3v) is 3.07. The van der Waals surface area contributed by atoms with Gasteiger partial charge in [-0.25, -0.2) is 9.36 Å². The number of esters is 1. The molecular formula is C13H11ClN2O2. The van der Waals surface area contributed by atoms with Crippen LogP contribution < -0.4 is 0 Å². The van der Waals surface area contributed by atoms with Crippen LogP contribution in [0.2, 0.25) is 5.02 Å². The highest BCUT2D eigenvalue weighted by molar-refractivity contribution is 6.36. The number of benzene rings is 1. The van der Waals surface area contributed by atoms with Gasteiger partial charge in [0.2, 0.25) is 0 Å². The Bertz CT molecular complexity index is 668. The zero-order valence-electron chi connectivity index (χ0n) is 10.0. The van der Waals surface area contributed by atoms with Crippen molar-refractivity contribution in [3.8, 4) is 6.19 Å². The maximum Gasteiger partial charge on any atom is 0.356 e. The minimum absolute atomic E-state index is 0.238. The topological polar surface area (TPSA) is 55.0 Å². The summed E-state index contributed by atoms with van der Waals surface area (Å²) >= 11 is 6.11. The van der Waals surface area contributed by atoms with Crippen molar-refractivity contribution in [3.63, 3.8) is 0 Å². The molecule has 0 unspecified atom stereocenters. The minimum atomic E-state index is -0.510. The van der Waals surface area contributed by atoms with Gasteiger partial charge in [0, 0.05) is 5.39 Å². The van der Waals surface area contributed by atoms with E-state index in [0.29, 0.717) is 21.5 Å². The fraction of sp³-hybridized carbons (Fsp3) is 0.231. The molecule has 0 aliphatic heterocycles. The van der Waals surface area contributed by atoms with Crippen LogP contribution in [0.15, 0.2) is 18.2 Å². The second-order valence-corrected chi connectivity index (χ2v) is 4.17. The number of hydrogen-bond acceptors (Lipinski definition) is 3. The molecule has 5 heteroatoms. The summed E-state index contributed by atoms with van der Waals surface area (Å²) in [6.45, 7) is 3.74. The Morgan fingerprint density at radius 3 is 2.89 bits per heavy atom. The van der Waals surface area contributed by atoms with Crippen LogP contribution in [0.3, 0.4) is 0 Å².